The van der Waals surface area contributed by atoms with E-state index in [9.17, 15) is 0 Å². The van der Waals surface area contributed by atoms with Gasteiger partial charge in [-0.2, -0.15) is 0 Å². The van der Waals surface area contributed by atoms with E-state index >= 15 is 0 Å². The highest BCUT2D eigenvalue weighted by molar-refractivity contribution is 14.0. The molecule has 0 aliphatic heterocycles. The Morgan fingerprint density at radius 2 is 1.56 bits per heavy atom. The minimum absolute atomic E-state index is 0. The molecular formula is C24H28IN3O4. The van der Waals surface area contributed by atoms with Crippen molar-refractivity contribution in [3.8, 4) is 28.7 Å². The number of hydrogen-bond donors (Lipinski definition) is 2. The van der Waals surface area contributed by atoms with Crippen LogP contribution in [0.5, 0.6) is 28.7 Å². The van der Waals surface area contributed by atoms with Gasteiger partial charge in [-0.05, 0) is 36.8 Å². The molecule has 0 radical (unpaired) electrons. The molecule has 0 amide bonds. The second kappa shape index (κ2) is 12.7. The number of methoxy groups -OCH3 is 3. The Hall–Kier alpha value is -3.14. The highest BCUT2D eigenvalue weighted by Gasteiger charge is 2.15. The van der Waals surface area contributed by atoms with Gasteiger partial charge in [-0.3, -0.25) is 4.99 Å². The van der Waals surface area contributed by atoms with Gasteiger partial charge >= 0.3 is 0 Å². The van der Waals surface area contributed by atoms with Crippen LogP contribution in [-0.4, -0.2) is 33.8 Å². The van der Waals surface area contributed by atoms with Crippen molar-refractivity contribution in [3.05, 3.63) is 72.3 Å². The summed E-state index contributed by atoms with van der Waals surface area (Å²) in [6.45, 7) is 0.477. The van der Waals surface area contributed by atoms with Gasteiger partial charge in [0.1, 0.15) is 11.5 Å². The van der Waals surface area contributed by atoms with Gasteiger partial charge in [0.05, 0.1) is 21.3 Å². The van der Waals surface area contributed by atoms with E-state index in [1.54, 1.807) is 21.3 Å². The molecule has 8 heteroatoms. The minimum Gasteiger partial charge on any atom is -0.493 e. The molecular weight excluding hydrogens is 521 g/mol. The van der Waals surface area contributed by atoms with Crippen LogP contribution in [-0.2, 0) is 6.42 Å². The van der Waals surface area contributed by atoms with Crippen molar-refractivity contribution >= 4 is 35.6 Å². The molecule has 0 atom stereocenters. The van der Waals surface area contributed by atoms with Gasteiger partial charge in [-0.25, -0.2) is 0 Å². The first-order chi connectivity index (χ1) is 15.1. The number of nitrogens with one attached hydrogen (secondary N) is 1. The second-order valence-corrected chi connectivity index (χ2v) is 6.58. The fourth-order valence-electron chi connectivity index (χ4n) is 3.11. The molecule has 0 fully saturated rings. The molecule has 3 N–H and O–H groups in total. The largest absolute Gasteiger partial charge is 0.493 e. The summed E-state index contributed by atoms with van der Waals surface area (Å²) in [6.07, 6.45) is 0.628. The van der Waals surface area contributed by atoms with Crippen molar-refractivity contribution in [2.75, 3.05) is 33.2 Å². The molecule has 32 heavy (non-hydrogen) atoms. The van der Waals surface area contributed by atoms with Crippen LogP contribution in [0.2, 0.25) is 0 Å². The summed E-state index contributed by atoms with van der Waals surface area (Å²) in [4.78, 5) is 4.42. The fraction of sp³-hybridized carbons (Fsp3) is 0.208. The van der Waals surface area contributed by atoms with Gasteiger partial charge in [-0.15, -0.1) is 24.0 Å². The average Bonchev–Trinajstić information content (AvgIpc) is 2.79. The van der Waals surface area contributed by atoms with Crippen LogP contribution in [0, 0.1) is 0 Å². The standard InChI is InChI=1S/C24H27N3O4.HI/c1-28-21-13-12-17(22(29-2)23(21)30-3)14-15-26-24(25)27-18-8-7-11-20(16-18)31-19-9-5-4-6-10-19;/h4-13,16H,14-15H2,1-3H3,(H3,25,26,27);1H. The molecule has 0 bridgehead atoms. The lowest BCUT2D eigenvalue weighted by atomic mass is 10.1. The summed E-state index contributed by atoms with van der Waals surface area (Å²) in [5, 5.41) is 3.10. The van der Waals surface area contributed by atoms with Crippen LogP contribution in [0.15, 0.2) is 71.7 Å². The number of hydrogen-bond acceptors (Lipinski definition) is 5. The molecule has 170 valence electrons. The summed E-state index contributed by atoms with van der Waals surface area (Å²) < 4.78 is 22.1. The maximum atomic E-state index is 6.07. The Labute approximate surface area is 205 Å². The maximum absolute atomic E-state index is 6.07. The highest BCUT2D eigenvalue weighted by atomic mass is 127. The van der Waals surface area contributed by atoms with Crippen molar-refractivity contribution in [2.45, 2.75) is 6.42 Å². The lowest BCUT2D eigenvalue weighted by Gasteiger charge is -2.15. The van der Waals surface area contributed by atoms with Crippen molar-refractivity contribution in [1.82, 2.24) is 0 Å². The van der Waals surface area contributed by atoms with E-state index in [0.29, 0.717) is 41.9 Å². The Bertz CT molecular complexity index is 1030. The third-order valence-electron chi connectivity index (χ3n) is 4.53. The monoisotopic (exact) mass is 549 g/mol. The van der Waals surface area contributed by atoms with E-state index < -0.39 is 0 Å². The molecule has 3 rings (SSSR count). The van der Waals surface area contributed by atoms with E-state index in [-0.39, 0.29) is 24.0 Å². The zero-order valence-corrected chi connectivity index (χ0v) is 20.7. The van der Waals surface area contributed by atoms with Gasteiger partial charge in [0, 0.05) is 23.9 Å². The number of nitrogens with zero attached hydrogens (tertiary/aromatic N) is 1. The Morgan fingerprint density at radius 3 is 2.25 bits per heavy atom. The number of guanidine groups is 1. The second-order valence-electron chi connectivity index (χ2n) is 6.58. The highest BCUT2D eigenvalue weighted by Crippen LogP contribution is 2.39. The lowest BCUT2D eigenvalue weighted by molar-refractivity contribution is 0.322. The zero-order chi connectivity index (χ0) is 22.1. The molecule has 0 saturated carbocycles. The van der Waals surface area contributed by atoms with Crippen LogP contribution in [0.25, 0.3) is 0 Å². The molecule has 0 aliphatic carbocycles. The fourth-order valence-corrected chi connectivity index (χ4v) is 3.11. The number of rotatable bonds is 9. The Morgan fingerprint density at radius 1 is 0.844 bits per heavy atom. The van der Waals surface area contributed by atoms with Gasteiger partial charge in [0.2, 0.25) is 5.75 Å². The van der Waals surface area contributed by atoms with Crippen molar-refractivity contribution in [1.29, 1.82) is 0 Å². The van der Waals surface area contributed by atoms with Crippen LogP contribution < -0.4 is 30.0 Å². The number of halogens is 1. The normalized spacial score (nSPS) is 10.7. The Balaban J connectivity index is 0.00000363. The molecule has 0 aromatic heterocycles. The quantitative estimate of drug-likeness (QED) is 0.220. The number of ether oxygens (including phenoxy) is 4. The molecule has 0 heterocycles. The van der Waals surface area contributed by atoms with E-state index in [1.165, 1.54) is 0 Å². The third-order valence-corrected chi connectivity index (χ3v) is 4.53. The number of benzene rings is 3. The minimum atomic E-state index is 0. The van der Waals surface area contributed by atoms with E-state index in [0.717, 1.165) is 17.0 Å². The van der Waals surface area contributed by atoms with Crippen molar-refractivity contribution < 1.29 is 18.9 Å². The summed E-state index contributed by atoms with van der Waals surface area (Å²) in [6, 6.07) is 20.9. The van der Waals surface area contributed by atoms with Crippen LogP contribution in [0.3, 0.4) is 0 Å². The predicted octanol–water partition coefficient (Wildman–Crippen LogP) is 5.09. The number of nitrogens with two attached hydrogens (primary N) is 1. The van der Waals surface area contributed by atoms with Crippen molar-refractivity contribution in [3.63, 3.8) is 0 Å². The maximum Gasteiger partial charge on any atom is 0.203 e. The van der Waals surface area contributed by atoms with Crippen LogP contribution in [0.1, 0.15) is 5.56 Å². The average molecular weight is 549 g/mol. The summed E-state index contributed by atoms with van der Waals surface area (Å²) >= 11 is 0. The van der Waals surface area contributed by atoms with Gasteiger partial charge in [0.15, 0.2) is 17.5 Å². The zero-order valence-electron chi connectivity index (χ0n) is 18.3. The van der Waals surface area contributed by atoms with Gasteiger partial charge in [-0.1, -0.05) is 30.3 Å². The van der Waals surface area contributed by atoms with Crippen LogP contribution in [0.4, 0.5) is 5.69 Å². The van der Waals surface area contributed by atoms with Gasteiger partial charge < -0.3 is 30.0 Å². The Kier molecular flexibility index (Phi) is 9.93. The summed E-state index contributed by atoms with van der Waals surface area (Å²) in [7, 11) is 4.78. The summed E-state index contributed by atoms with van der Waals surface area (Å²) in [5.74, 6) is 3.60. The molecule has 0 aliphatic rings. The van der Waals surface area contributed by atoms with E-state index in [4.69, 9.17) is 24.7 Å². The van der Waals surface area contributed by atoms with Gasteiger partial charge in [0.25, 0.3) is 0 Å². The molecule has 0 unspecified atom stereocenters. The molecule has 0 spiro atoms. The predicted molar refractivity (Wildman–Crippen MR) is 138 cm³/mol. The first-order valence-electron chi connectivity index (χ1n) is 9.82. The molecule has 3 aromatic carbocycles. The van der Waals surface area contributed by atoms with E-state index in [2.05, 4.69) is 10.3 Å². The number of aliphatic imine (C=N–C) groups is 1. The smallest absolute Gasteiger partial charge is 0.203 e. The summed E-state index contributed by atoms with van der Waals surface area (Å²) in [5.41, 5.74) is 7.81. The first-order valence-corrected chi connectivity index (χ1v) is 9.82. The van der Waals surface area contributed by atoms with E-state index in [1.807, 2.05) is 66.7 Å². The SMILES string of the molecule is COc1ccc(CCN=C(N)Nc2cccc(Oc3ccccc3)c2)c(OC)c1OC.I. The number of anilines is 1. The number of para-hydroxylation sites is 1. The van der Waals surface area contributed by atoms with Crippen LogP contribution >= 0.6 is 24.0 Å². The van der Waals surface area contributed by atoms with Crippen molar-refractivity contribution in [2.24, 2.45) is 10.7 Å². The molecule has 7 nitrogen and oxygen atoms in total. The first kappa shape index (κ1) is 25.1. The third kappa shape index (κ3) is 6.68. The topological polar surface area (TPSA) is 87.3 Å². The molecule has 0 saturated heterocycles. The lowest BCUT2D eigenvalue weighted by Crippen LogP contribution is -2.23. The molecule has 3 aromatic rings.